The molecule has 0 aromatic rings. The van der Waals surface area contributed by atoms with Gasteiger partial charge in [0.1, 0.15) is 0 Å². The molecule has 2 heterocycles. The van der Waals surface area contributed by atoms with Crippen molar-refractivity contribution in [3.05, 3.63) is 0 Å². The molecule has 2 rings (SSSR count). The number of morpholine rings is 1. The first-order chi connectivity index (χ1) is 8.72. The quantitative estimate of drug-likeness (QED) is 0.805. The molecule has 5 heteroatoms. The van der Waals surface area contributed by atoms with Crippen LogP contribution in [0.5, 0.6) is 0 Å². The van der Waals surface area contributed by atoms with Crippen molar-refractivity contribution in [2.24, 2.45) is 0 Å². The average molecular weight is 270 g/mol. The van der Waals surface area contributed by atoms with Gasteiger partial charge in [0.15, 0.2) is 0 Å². The van der Waals surface area contributed by atoms with Gasteiger partial charge < -0.3 is 19.7 Å². The summed E-state index contributed by atoms with van der Waals surface area (Å²) < 4.78 is 11.3. The van der Waals surface area contributed by atoms with Crippen LogP contribution in [0.3, 0.4) is 0 Å². The molecule has 0 aliphatic carbocycles. The van der Waals surface area contributed by atoms with Gasteiger partial charge in [-0.2, -0.15) is 0 Å². The number of hydrogen-bond donors (Lipinski definition) is 1. The summed E-state index contributed by atoms with van der Waals surface area (Å²) in [7, 11) is 1.69. The molecule has 0 saturated carbocycles. The van der Waals surface area contributed by atoms with E-state index >= 15 is 0 Å². The van der Waals surface area contributed by atoms with Gasteiger partial charge in [0, 0.05) is 26.7 Å². The molecule has 2 aliphatic rings. The van der Waals surface area contributed by atoms with Crippen molar-refractivity contribution in [3.63, 3.8) is 0 Å². The van der Waals surface area contributed by atoms with Crippen molar-refractivity contribution >= 4 is 5.91 Å². The number of rotatable bonds is 2. The van der Waals surface area contributed by atoms with Crippen LogP contribution >= 0.6 is 0 Å². The molecule has 5 nitrogen and oxygen atoms in total. The van der Waals surface area contributed by atoms with Crippen molar-refractivity contribution in [1.82, 2.24) is 10.2 Å². The summed E-state index contributed by atoms with van der Waals surface area (Å²) in [5.74, 6) is 0.170. The Bertz CT molecular complexity index is 339. The van der Waals surface area contributed by atoms with Gasteiger partial charge in [-0.05, 0) is 34.1 Å². The molecule has 110 valence electrons. The Morgan fingerprint density at radius 2 is 1.84 bits per heavy atom. The molecule has 2 aliphatic heterocycles. The lowest BCUT2D eigenvalue weighted by atomic mass is 9.98. The minimum absolute atomic E-state index is 0.116. The molecule has 1 amide bonds. The van der Waals surface area contributed by atoms with Crippen molar-refractivity contribution in [1.29, 1.82) is 0 Å². The monoisotopic (exact) mass is 270 g/mol. The highest BCUT2D eigenvalue weighted by Crippen LogP contribution is 2.29. The zero-order chi connectivity index (χ0) is 14.3. The minimum Gasteiger partial charge on any atom is -0.380 e. The molecule has 0 aromatic heterocycles. The maximum absolute atomic E-state index is 12.6. The first kappa shape index (κ1) is 14.8. The zero-order valence-electron chi connectivity index (χ0n) is 12.7. The van der Waals surface area contributed by atoms with E-state index < -0.39 is 0 Å². The number of nitrogens with one attached hydrogen (secondary N) is 1. The fraction of sp³-hybridized carbons (Fsp3) is 0.929. The fourth-order valence-electron chi connectivity index (χ4n) is 3.23. The van der Waals surface area contributed by atoms with E-state index in [9.17, 15) is 4.79 Å². The number of hydrogen-bond acceptors (Lipinski definition) is 4. The normalized spacial score (nSPS) is 33.4. The van der Waals surface area contributed by atoms with Crippen LogP contribution in [0.25, 0.3) is 0 Å². The molecule has 0 aromatic carbocycles. The second kappa shape index (κ2) is 5.04. The van der Waals surface area contributed by atoms with Crippen LogP contribution in [-0.4, -0.2) is 60.9 Å². The Hall–Kier alpha value is -0.650. The molecule has 0 spiro atoms. The van der Waals surface area contributed by atoms with Gasteiger partial charge in [-0.1, -0.05) is 0 Å². The van der Waals surface area contributed by atoms with Gasteiger partial charge >= 0.3 is 0 Å². The molecule has 0 bridgehead atoms. The van der Waals surface area contributed by atoms with Crippen LogP contribution < -0.4 is 5.32 Å². The summed E-state index contributed by atoms with van der Waals surface area (Å²) in [6.07, 6.45) is 0.907. The third-order valence-electron chi connectivity index (χ3n) is 3.73. The average Bonchev–Trinajstić information content (AvgIpc) is 2.72. The van der Waals surface area contributed by atoms with E-state index in [-0.39, 0.29) is 29.3 Å². The predicted molar refractivity (Wildman–Crippen MR) is 73.0 cm³/mol. The van der Waals surface area contributed by atoms with E-state index in [4.69, 9.17) is 9.47 Å². The molecule has 19 heavy (non-hydrogen) atoms. The molecule has 2 unspecified atom stereocenters. The summed E-state index contributed by atoms with van der Waals surface area (Å²) >= 11 is 0. The number of methoxy groups -OCH3 is 1. The molecule has 2 fully saturated rings. The number of nitrogens with zero attached hydrogens (tertiary/aromatic N) is 1. The van der Waals surface area contributed by atoms with E-state index in [1.807, 2.05) is 32.6 Å². The molecule has 2 saturated heterocycles. The van der Waals surface area contributed by atoms with Gasteiger partial charge in [-0.15, -0.1) is 0 Å². The Kier molecular flexibility index (Phi) is 3.91. The number of ether oxygens (including phenoxy) is 2. The van der Waals surface area contributed by atoms with Crippen LogP contribution in [0, 0.1) is 0 Å². The Balaban J connectivity index is 2.03. The van der Waals surface area contributed by atoms with Crippen LogP contribution in [0.2, 0.25) is 0 Å². The van der Waals surface area contributed by atoms with E-state index in [0.29, 0.717) is 13.1 Å². The molecular formula is C14H26N2O3. The highest BCUT2D eigenvalue weighted by molar-refractivity contribution is 5.82. The summed E-state index contributed by atoms with van der Waals surface area (Å²) in [4.78, 5) is 14.5. The highest BCUT2D eigenvalue weighted by Gasteiger charge is 2.42. The van der Waals surface area contributed by atoms with Crippen LogP contribution in [0.1, 0.15) is 34.1 Å². The summed E-state index contributed by atoms with van der Waals surface area (Å²) in [6, 6.07) is -0.116. The number of amides is 1. The fourth-order valence-corrected chi connectivity index (χ4v) is 3.23. The minimum atomic E-state index is -0.295. The zero-order valence-corrected chi connectivity index (χ0v) is 12.7. The standard InChI is InChI=1S/C14H26N2O3/c1-13(2)8-16(9-14(3,4)19-13)12(17)11-6-10(18-5)7-15-11/h10-11,15H,6-9H2,1-5H3. The second-order valence-corrected chi connectivity index (χ2v) is 6.87. The lowest BCUT2D eigenvalue weighted by Crippen LogP contribution is -2.61. The summed E-state index contributed by atoms with van der Waals surface area (Å²) in [6.45, 7) is 10.2. The first-order valence-electron chi connectivity index (χ1n) is 6.98. The van der Waals surface area contributed by atoms with Crippen molar-refractivity contribution in [2.45, 2.75) is 57.5 Å². The third-order valence-corrected chi connectivity index (χ3v) is 3.73. The SMILES string of the molecule is COC1CNC(C(=O)N2CC(C)(C)OC(C)(C)C2)C1. The summed E-state index contributed by atoms with van der Waals surface area (Å²) in [5, 5.41) is 3.25. The Morgan fingerprint density at radius 1 is 1.26 bits per heavy atom. The molecule has 2 atom stereocenters. The molecular weight excluding hydrogens is 244 g/mol. The van der Waals surface area contributed by atoms with Crippen molar-refractivity contribution < 1.29 is 14.3 Å². The van der Waals surface area contributed by atoms with Crippen LogP contribution in [0.4, 0.5) is 0 Å². The van der Waals surface area contributed by atoms with Gasteiger partial charge in [0.2, 0.25) is 5.91 Å². The van der Waals surface area contributed by atoms with Gasteiger partial charge in [0.05, 0.1) is 23.3 Å². The van der Waals surface area contributed by atoms with Gasteiger partial charge in [-0.3, -0.25) is 4.79 Å². The lowest BCUT2D eigenvalue weighted by Gasteiger charge is -2.47. The number of carbonyl (C=O) groups excluding carboxylic acids is 1. The summed E-state index contributed by atoms with van der Waals surface area (Å²) in [5.41, 5.74) is -0.590. The number of carbonyl (C=O) groups is 1. The first-order valence-corrected chi connectivity index (χ1v) is 6.98. The maximum atomic E-state index is 12.6. The largest absolute Gasteiger partial charge is 0.380 e. The van der Waals surface area contributed by atoms with Crippen LogP contribution in [0.15, 0.2) is 0 Å². The molecule has 1 N–H and O–H groups in total. The predicted octanol–water partition coefficient (Wildman–Crippen LogP) is 0.779. The van der Waals surface area contributed by atoms with Gasteiger partial charge in [0.25, 0.3) is 0 Å². The smallest absolute Gasteiger partial charge is 0.240 e. The highest BCUT2D eigenvalue weighted by atomic mass is 16.5. The second-order valence-electron chi connectivity index (χ2n) is 6.87. The third kappa shape index (κ3) is 3.46. The maximum Gasteiger partial charge on any atom is 0.240 e. The van der Waals surface area contributed by atoms with E-state index in [2.05, 4.69) is 5.32 Å². The van der Waals surface area contributed by atoms with Crippen molar-refractivity contribution in [3.8, 4) is 0 Å². The molecule has 0 radical (unpaired) electrons. The topological polar surface area (TPSA) is 50.8 Å². The lowest BCUT2D eigenvalue weighted by molar-refractivity contribution is -0.188. The van der Waals surface area contributed by atoms with E-state index in [0.717, 1.165) is 13.0 Å². The van der Waals surface area contributed by atoms with Gasteiger partial charge in [-0.25, -0.2) is 0 Å². The van der Waals surface area contributed by atoms with E-state index in [1.54, 1.807) is 7.11 Å². The van der Waals surface area contributed by atoms with E-state index in [1.165, 1.54) is 0 Å². The van der Waals surface area contributed by atoms with Crippen LogP contribution in [-0.2, 0) is 14.3 Å². The Morgan fingerprint density at radius 3 is 2.32 bits per heavy atom. The Labute approximate surface area is 115 Å². The van der Waals surface area contributed by atoms with Crippen molar-refractivity contribution in [2.75, 3.05) is 26.7 Å².